The Labute approximate surface area is 107 Å². The number of thioether (sulfide) groups is 1. The largest absolute Gasteiger partial charge is 0.399 e. The zero-order valence-electron chi connectivity index (χ0n) is 10.4. The van der Waals surface area contributed by atoms with E-state index in [9.17, 15) is 4.79 Å². The number of benzene rings is 1. The maximum absolute atomic E-state index is 11.6. The van der Waals surface area contributed by atoms with E-state index in [-0.39, 0.29) is 5.91 Å². The van der Waals surface area contributed by atoms with Gasteiger partial charge in [-0.25, -0.2) is 0 Å². The van der Waals surface area contributed by atoms with E-state index in [2.05, 4.69) is 19.2 Å². The van der Waals surface area contributed by atoms with Crippen LogP contribution in [0.25, 0.3) is 0 Å². The first kappa shape index (κ1) is 13.9. The van der Waals surface area contributed by atoms with Crippen LogP contribution in [-0.4, -0.2) is 16.9 Å². The van der Waals surface area contributed by atoms with Gasteiger partial charge in [0, 0.05) is 17.8 Å². The molecule has 0 fully saturated rings. The third kappa shape index (κ3) is 6.22. The summed E-state index contributed by atoms with van der Waals surface area (Å²) in [5.41, 5.74) is 7.08. The second kappa shape index (κ2) is 7.22. The van der Waals surface area contributed by atoms with Gasteiger partial charge in [0.15, 0.2) is 0 Å². The van der Waals surface area contributed by atoms with Gasteiger partial charge in [-0.15, -0.1) is 0 Å². The first-order valence-corrected chi connectivity index (χ1v) is 6.90. The van der Waals surface area contributed by atoms with Crippen molar-refractivity contribution in [1.29, 1.82) is 0 Å². The molecule has 17 heavy (non-hydrogen) atoms. The first-order chi connectivity index (χ1) is 8.08. The van der Waals surface area contributed by atoms with E-state index in [0.29, 0.717) is 17.4 Å². The molecule has 94 valence electrons. The van der Waals surface area contributed by atoms with Gasteiger partial charge in [-0.2, -0.15) is 11.8 Å². The van der Waals surface area contributed by atoms with Crippen LogP contribution in [0.5, 0.6) is 0 Å². The Hall–Kier alpha value is -1.16. The summed E-state index contributed by atoms with van der Waals surface area (Å²) in [7, 11) is 0. The predicted octanol–water partition coefficient (Wildman–Crippen LogP) is 3.13. The Balaban J connectivity index is 2.23. The van der Waals surface area contributed by atoms with Crippen molar-refractivity contribution in [3.05, 3.63) is 24.3 Å². The summed E-state index contributed by atoms with van der Waals surface area (Å²) in [6, 6.07) is 7.20. The standard InChI is InChI=1S/C13H20N2OS/c1-10(2)17-9-3-4-13(16)15-12-7-5-11(14)6-8-12/h5-8,10H,3-4,9,14H2,1-2H3,(H,15,16). The molecule has 0 aliphatic heterocycles. The lowest BCUT2D eigenvalue weighted by atomic mass is 10.2. The minimum atomic E-state index is 0.0686. The van der Waals surface area contributed by atoms with Crippen molar-refractivity contribution in [2.24, 2.45) is 0 Å². The molecule has 3 N–H and O–H groups in total. The summed E-state index contributed by atoms with van der Waals surface area (Å²) >= 11 is 1.88. The highest BCUT2D eigenvalue weighted by Gasteiger charge is 2.02. The molecule has 0 unspecified atom stereocenters. The van der Waals surface area contributed by atoms with Crippen molar-refractivity contribution >= 4 is 29.0 Å². The molecule has 0 saturated heterocycles. The van der Waals surface area contributed by atoms with E-state index < -0.39 is 0 Å². The molecule has 0 bridgehead atoms. The lowest BCUT2D eigenvalue weighted by Gasteiger charge is -2.06. The molecule has 0 heterocycles. The fraction of sp³-hybridized carbons (Fsp3) is 0.462. The summed E-state index contributed by atoms with van der Waals surface area (Å²) in [4.78, 5) is 11.6. The molecular formula is C13H20N2OS. The Morgan fingerprint density at radius 1 is 1.35 bits per heavy atom. The average molecular weight is 252 g/mol. The normalized spacial score (nSPS) is 10.5. The number of hydrogen-bond donors (Lipinski definition) is 2. The number of nitrogens with two attached hydrogens (primary N) is 1. The number of rotatable bonds is 6. The van der Waals surface area contributed by atoms with Crippen molar-refractivity contribution in [2.75, 3.05) is 16.8 Å². The summed E-state index contributed by atoms with van der Waals surface area (Å²) < 4.78 is 0. The van der Waals surface area contributed by atoms with Crippen molar-refractivity contribution in [3.8, 4) is 0 Å². The summed E-state index contributed by atoms with van der Waals surface area (Å²) in [5.74, 6) is 1.10. The van der Waals surface area contributed by atoms with Crippen LogP contribution in [-0.2, 0) is 4.79 Å². The molecule has 0 aliphatic rings. The third-order valence-electron chi connectivity index (χ3n) is 2.19. The Bertz CT molecular complexity index is 349. The molecule has 0 saturated carbocycles. The second-order valence-electron chi connectivity index (χ2n) is 4.19. The molecule has 1 amide bonds. The summed E-state index contributed by atoms with van der Waals surface area (Å²) in [6.07, 6.45) is 1.49. The lowest BCUT2D eigenvalue weighted by Crippen LogP contribution is -2.11. The van der Waals surface area contributed by atoms with Crippen molar-refractivity contribution in [1.82, 2.24) is 0 Å². The molecule has 4 heteroatoms. The molecule has 3 nitrogen and oxygen atoms in total. The van der Waals surface area contributed by atoms with Crippen LogP contribution in [0.3, 0.4) is 0 Å². The number of nitrogen functional groups attached to an aromatic ring is 1. The van der Waals surface area contributed by atoms with Crippen molar-refractivity contribution in [3.63, 3.8) is 0 Å². The van der Waals surface area contributed by atoms with E-state index in [1.54, 1.807) is 12.1 Å². The number of carbonyl (C=O) groups excluding carboxylic acids is 1. The molecule has 1 aromatic rings. The summed E-state index contributed by atoms with van der Waals surface area (Å²) in [5, 5.41) is 3.49. The molecule has 0 radical (unpaired) electrons. The average Bonchev–Trinajstić information content (AvgIpc) is 2.27. The number of nitrogens with one attached hydrogen (secondary N) is 1. The molecule has 1 rings (SSSR count). The quantitative estimate of drug-likeness (QED) is 0.604. The maximum Gasteiger partial charge on any atom is 0.224 e. The van der Waals surface area contributed by atoms with Crippen molar-refractivity contribution in [2.45, 2.75) is 31.9 Å². The van der Waals surface area contributed by atoms with Crippen LogP contribution in [0.1, 0.15) is 26.7 Å². The Morgan fingerprint density at radius 2 is 2.00 bits per heavy atom. The molecule has 0 spiro atoms. The van der Waals surface area contributed by atoms with Gasteiger partial charge in [0.05, 0.1) is 0 Å². The van der Waals surface area contributed by atoms with Crippen LogP contribution in [0.2, 0.25) is 0 Å². The minimum absolute atomic E-state index is 0.0686. The minimum Gasteiger partial charge on any atom is -0.399 e. The fourth-order valence-corrected chi connectivity index (χ4v) is 2.12. The number of anilines is 2. The zero-order valence-corrected chi connectivity index (χ0v) is 11.2. The van der Waals surface area contributed by atoms with Crippen LogP contribution >= 0.6 is 11.8 Å². The van der Waals surface area contributed by atoms with E-state index in [1.807, 2.05) is 23.9 Å². The predicted molar refractivity (Wildman–Crippen MR) is 76.3 cm³/mol. The zero-order chi connectivity index (χ0) is 12.7. The third-order valence-corrected chi connectivity index (χ3v) is 3.38. The van der Waals surface area contributed by atoms with Gasteiger partial charge in [-0.3, -0.25) is 4.79 Å². The molecule has 0 aliphatic carbocycles. The molecular weight excluding hydrogens is 232 g/mol. The maximum atomic E-state index is 11.6. The van der Waals surface area contributed by atoms with Gasteiger partial charge < -0.3 is 11.1 Å². The van der Waals surface area contributed by atoms with E-state index in [1.165, 1.54) is 0 Å². The van der Waals surface area contributed by atoms with Crippen LogP contribution in [0, 0.1) is 0 Å². The van der Waals surface area contributed by atoms with Gasteiger partial charge >= 0.3 is 0 Å². The number of hydrogen-bond acceptors (Lipinski definition) is 3. The van der Waals surface area contributed by atoms with Gasteiger partial charge in [0.2, 0.25) is 5.91 Å². The summed E-state index contributed by atoms with van der Waals surface area (Å²) in [6.45, 7) is 4.33. The Morgan fingerprint density at radius 3 is 2.59 bits per heavy atom. The Kier molecular flexibility index (Phi) is 5.91. The van der Waals surface area contributed by atoms with Gasteiger partial charge in [0.25, 0.3) is 0 Å². The second-order valence-corrected chi connectivity index (χ2v) is 5.88. The highest BCUT2D eigenvalue weighted by molar-refractivity contribution is 7.99. The number of carbonyl (C=O) groups is 1. The molecule has 0 atom stereocenters. The van der Waals surface area contributed by atoms with Gasteiger partial charge in [-0.05, 0) is 41.7 Å². The van der Waals surface area contributed by atoms with Crippen LogP contribution < -0.4 is 11.1 Å². The topological polar surface area (TPSA) is 55.1 Å². The van der Waals surface area contributed by atoms with Crippen LogP contribution in [0.15, 0.2) is 24.3 Å². The number of amides is 1. The highest BCUT2D eigenvalue weighted by atomic mass is 32.2. The van der Waals surface area contributed by atoms with Crippen LogP contribution in [0.4, 0.5) is 11.4 Å². The fourth-order valence-electron chi connectivity index (χ4n) is 1.34. The molecule has 0 aromatic heterocycles. The van der Waals surface area contributed by atoms with E-state index >= 15 is 0 Å². The van der Waals surface area contributed by atoms with E-state index in [4.69, 9.17) is 5.73 Å². The lowest BCUT2D eigenvalue weighted by molar-refractivity contribution is -0.116. The van der Waals surface area contributed by atoms with Crippen molar-refractivity contribution < 1.29 is 4.79 Å². The first-order valence-electron chi connectivity index (χ1n) is 5.85. The van der Waals surface area contributed by atoms with Gasteiger partial charge in [-0.1, -0.05) is 13.8 Å². The monoisotopic (exact) mass is 252 g/mol. The van der Waals surface area contributed by atoms with Gasteiger partial charge in [0.1, 0.15) is 0 Å². The highest BCUT2D eigenvalue weighted by Crippen LogP contribution is 2.13. The van der Waals surface area contributed by atoms with E-state index in [0.717, 1.165) is 17.9 Å². The SMILES string of the molecule is CC(C)SCCCC(=O)Nc1ccc(N)cc1. The molecule has 1 aromatic carbocycles. The smallest absolute Gasteiger partial charge is 0.224 e.